The third kappa shape index (κ3) is 4.15. The van der Waals surface area contributed by atoms with Crippen LogP contribution in [-0.2, 0) is 6.42 Å². The molecule has 0 radical (unpaired) electrons. The van der Waals surface area contributed by atoms with Crippen LogP contribution in [0.15, 0.2) is 47.4 Å². The van der Waals surface area contributed by atoms with Gasteiger partial charge in [0, 0.05) is 11.8 Å². The van der Waals surface area contributed by atoms with Crippen molar-refractivity contribution in [3.05, 3.63) is 48.7 Å². The van der Waals surface area contributed by atoms with E-state index in [1.54, 1.807) is 12.5 Å². The van der Waals surface area contributed by atoms with Crippen LogP contribution in [0, 0.1) is 0 Å². The summed E-state index contributed by atoms with van der Waals surface area (Å²) in [4.78, 5) is 4.77. The van der Waals surface area contributed by atoms with Gasteiger partial charge in [-0.25, -0.2) is 4.98 Å². The van der Waals surface area contributed by atoms with Crippen molar-refractivity contribution in [1.82, 2.24) is 9.38 Å². The van der Waals surface area contributed by atoms with Crippen LogP contribution >= 0.6 is 12.4 Å². The minimum Gasteiger partial charge on any atom is -0.472 e. The Balaban J connectivity index is 0.00000192. The summed E-state index contributed by atoms with van der Waals surface area (Å²) in [6.45, 7) is 0.803. The van der Waals surface area contributed by atoms with Gasteiger partial charge in [0.1, 0.15) is 5.65 Å². The number of nitrogens with two attached hydrogens (primary N) is 1. The van der Waals surface area contributed by atoms with Gasteiger partial charge in [0.05, 0.1) is 23.9 Å². The van der Waals surface area contributed by atoms with Crippen LogP contribution in [0.4, 0.5) is 0 Å². The summed E-state index contributed by atoms with van der Waals surface area (Å²) >= 11 is 0. The summed E-state index contributed by atoms with van der Waals surface area (Å²) in [6, 6.07) is 8.11. The van der Waals surface area contributed by atoms with E-state index in [1.807, 2.05) is 18.2 Å². The predicted octanol–water partition coefficient (Wildman–Crippen LogP) is 4.47. The van der Waals surface area contributed by atoms with Crippen molar-refractivity contribution in [1.29, 1.82) is 0 Å². The number of furan rings is 1. The number of imidazole rings is 1. The van der Waals surface area contributed by atoms with Gasteiger partial charge in [-0.15, -0.1) is 12.4 Å². The summed E-state index contributed by atoms with van der Waals surface area (Å²) < 4.78 is 7.43. The van der Waals surface area contributed by atoms with E-state index in [0.29, 0.717) is 0 Å². The molecule has 0 saturated heterocycles. The molecule has 0 atom stereocenters. The smallest absolute Gasteiger partial charge is 0.137 e. The number of halogens is 1. The van der Waals surface area contributed by atoms with Crippen LogP contribution in [0.25, 0.3) is 16.9 Å². The highest BCUT2D eigenvalue weighted by molar-refractivity contribution is 5.85. The number of pyridine rings is 1. The SMILES string of the molecule is Cl.NCCCCCCCc1c(-c2ccoc2)nc2ccccn12. The molecular weight excluding hydrogens is 310 g/mol. The molecule has 23 heavy (non-hydrogen) atoms. The standard InChI is InChI=1S/C18H23N3O.ClH/c19-11-6-3-1-2-4-8-16-18(15-10-13-22-14-15)20-17-9-5-7-12-21(16)17;/h5,7,9-10,12-14H,1-4,6,8,11,19H2;1H. The number of hydrogen-bond acceptors (Lipinski definition) is 3. The Labute approximate surface area is 143 Å². The highest BCUT2D eigenvalue weighted by atomic mass is 35.5. The predicted molar refractivity (Wildman–Crippen MR) is 96.0 cm³/mol. The second-order valence-corrected chi connectivity index (χ2v) is 5.65. The van der Waals surface area contributed by atoms with Crippen LogP contribution in [0.5, 0.6) is 0 Å². The fraction of sp³-hybridized carbons (Fsp3) is 0.389. The molecule has 5 heteroatoms. The van der Waals surface area contributed by atoms with E-state index in [9.17, 15) is 0 Å². The third-order valence-corrected chi connectivity index (χ3v) is 4.04. The summed E-state index contributed by atoms with van der Waals surface area (Å²) in [5.41, 5.74) is 9.91. The number of aromatic nitrogens is 2. The average Bonchev–Trinajstić information content (AvgIpc) is 3.18. The molecular formula is C18H24ClN3O. The van der Waals surface area contributed by atoms with E-state index < -0.39 is 0 Å². The minimum absolute atomic E-state index is 0. The van der Waals surface area contributed by atoms with E-state index in [-0.39, 0.29) is 12.4 Å². The summed E-state index contributed by atoms with van der Waals surface area (Å²) in [5.74, 6) is 0. The first-order valence-electron chi connectivity index (χ1n) is 8.09. The number of hydrogen-bond donors (Lipinski definition) is 1. The van der Waals surface area contributed by atoms with Gasteiger partial charge >= 0.3 is 0 Å². The van der Waals surface area contributed by atoms with Gasteiger partial charge in [0.2, 0.25) is 0 Å². The fourth-order valence-electron chi connectivity index (χ4n) is 2.88. The molecule has 0 spiro atoms. The molecule has 3 rings (SSSR count). The first-order valence-corrected chi connectivity index (χ1v) is 8.09. The van der Waals surface area contributed by atoms with E-state index >= 15 is 0 Å². The highest BCUT2D eigenvalue weighted by Crippen LogP contribution is 2.26. The molecule has 4 nitrogen and oxygen atoms in total. The van der Waals surface area contributed by atoms with E-state index in [2.05, 4.69) is 16.7 Å². The quantitative estimate of drug-likeness (QED) is 0.619. The maximum Gasteiger partial charge on any atom is 0.137 e. The Bertz CT molecular complexity index is 706. The van der Waals surface area contributed by atoms with E-state index in [0.717, 1.165) is 36.3 Å². The molecule has 124 valence electrons. The molecule has 0 amide bonds. The second kappa shape index (κ2) is 8.75. The Kier molecular flexibility index (Phi) is 6.68. The van der Waals surface area contributed by atoms with E-state index in [1.165, 1.54) is 31.4 Å². The lowest BCUT2D eigenvalue weighted by molar-refractivity contribution is 0.568. The highest BCUT2D eigenvalue weighted by Gasteiger charge is 2.14. The van der Waals surface area contributed by atoms with Crippen LogP contribution in [0.2, 0.25) is 0 Å². The van der Waals surface area contributed by atoms with E-state index in [4.69, 9.17) is 15.1 Å². The number of unbranched alkanes of at least 4 members (excludes halogenated alkanes) is 4. The lowest BCUT2D eigenvalue weighted by Crippen LogP contribution is -1.98. The first kappa shape index (κ1) is 17.6. The summed E-state index contributed by atoms with van der Waals surface area (Å²) in [6.07, 6.45) is 12.7. The zero-order valence-corrected chi connectivity index (χ0v) is 14.1. The zero-order chi connectivity index (χ0) is 15.2. The molecule has 2 N–H and O–H groups in total. The number of nitrogens with zero attached hydrogens (tertiary/aromatic N) is 2. The van der Waals surface area contributed by atoms with Crippen molar-refractivity contribution >= 4 is 18.1 Å². The van der Waals surface area contributed by atoms with Gasteiger partial charge in [-0.1, -0.05) is 25.3 Å². The molecule has 0 bridgehead atoms. The number of rotatable bonds is 8. The van der Waals surface area contributed by atoms with Crippen molar-refractivity contribution in [2.24, 2.45) is 5.73 Å². The molecule has 0 aliphatic carbocycles. The van der Waals surface area contributed by atoms with Gasteiger partial charge < -0.3 is 14.6 Å². The van der Waals surface area contributed by atoms with Gasteiger partial charge in [-0.3, -0.25) is 0 Å². The minimum atomic E-state index is 0. The van der Waals surface area contributed by atoms with Gasteiger partial charge in [-0.05, 0) is 44.0 Å². The molecule has 0 aliphatic rings. The largest absolute Gasteiger partial charge is 0.472 e. The van der Waals surface area contributed by atoms with Crippen LogP contribution < -0.4 is 5.73 Å². The monoisotopic (exact) mass is 333 g/mol. The maximum absolute atomic E-state index is 5.54. The second-order valence-electron chi connectivity index (χ2n) is 5.65. The molecule has 3 aromatic rings. The van der Waals surface area contributed by atoms with Crippen LogP contribution in [0.3, 0.4) is 0 Å². The van der Waals surface area contributed by atoms with Gasteiger partial charge in [0.25, 0.3) is 0 Å². The molecule has 0 fully saturated rings. The average molecular weight is 334 g/mol. The normalized spacial score (nSPS) is 10.8. The summed E-state index contributed by atoms with van der Waals surface area (Å²) in [5, 5.41) is 0. The molecule has 0 aliphatic heterocycles. The Morgan fingerprint density at radius 1 is 1.04 bits per heavy atom. The zero-order valence-electron chi connectivity index (χ0n) is 13.3. The number of fused-ring (bicyclic) bond motifs is 1. The lowest BCUT2D eigenvalue weighted by atomic mass is 10.1. The van der Waals surface area contributed by atoms with Crippen molar-refractivity contribution in [3.63, 3.8) is 0 Å². The number of aryl methyl sites for hydroxylation is 1. The van der Waals surface area contributed by atoms with Crippen LogP contribution in [0.1, 0.15) is 37.8 Å². The lowest BCUT2D eigenvalue weighted by Gasteiger charge is -2.04. The Hall–Kier alpha value is -1.78. The van der Waals surface area contributed by atoms with Crippen molar-refractivity contribution in [2.45, 2.75) is 38.5 Å². The molecule has 0 saturated carbocycles. The van der Waals surface area contributed by atoms with Crippen molar-refractivity contribution in [2.75, 3.05) is 6.54 Å². The molecule has 3 heterocycles. The third-order valence-electron chi connectivity index (χ3n) is 4.04. The molecule has 0 unspecified atom stereocenters. The van der Waals surface area contributed by atoms with Gasteiger partial charge in [0.15, 0.2) is 0 Å². The topological polar surface area (TPSA) is 56.5 Å². The summed E-state index contributed by atoms with van der Waals surface area (Å²) in [7, 11) is 0. The maximum atomic E-state index is 5.54. The van der Waals surface area contributed by atoms with Gasteiger partial charge in [-0.2, -0.15) is 0 Å². The molecule has 0 aromatic carbocycles. The molecule has 3 aromatic heterocycles. The Morgan fingerprint density at radius 3 is 2.65 bits per heavy atom. The Morgan fingerprint density at radius 2 is 1.87 bits per heavy atom. The first-order chi connectivity index (χ1) is 10.9. The van der Waals surface area contributed by atoms with Crippen molar-refractivity contribution < 1.29 is 4.42 Å². The fourth-order valence-corrected chi connectivity index (χ4v) is 2.88. The van der Waals surface area contributed by atoms with Crippen LogP contribution in [-0.4, -0.2) is 15.9 Å². The van der Waals surface area contributed by atoms with Crippen molar-refractivity contribution in [3.8, 4) is 11.3 Å².